The van der Waals surface area contributed by atoms with Crippen LogP contribution in [0.5, 0.6) is 0 Å². The lowest BCUT2D eigenvalue weighted by Crippen LogP contribution is -2.72. The first-order valence-corrected chi connectivity index (χ1v) is 23.4. The van der Waals surface area contributed by atoms with E-state index in [0.29, 0.717) is 0 Å². The summed E-state index contributed by atoms with van der Waals surface area (Å²) in [4.78, 5) is 80.7. The third-order valence-electron chi connectivity index (χ3n) is 19.5. The molecular weight excluding hydrogens is 833 g/mol. The number of fused-ring (bicyclic) bond motifs is 6. The third-order valence-corrected chi connectivity index (χ3v) is 19.5. The predicted octanol–water partition coefficient (Wildman–Crippen LogP) is 2.50. The molecule has 0 amide bonds. The van der Waals surface area contributed by atoms with Crippen molar-refractivity contribution < 1.29 is 78.4 Å². The molecule has 0 radical (unpaired) electrons. The van der Waals surface area contributed by atoms with Crippen LogP contribution in [0.1, 0.15) is 133 Å². The molecule has 0 aliphatic heterocycles. The van der Waals surface area contributed by atoms with Crippen LogP contribution < -0.4 is 0 Å². The van der Waals surface area contributed by atoms with Gasteiger partial charge in [0, 0.05) is 96.7 Å². The van der Waals surface area contributed by atoms with Gasteiger partial charge in [0.1, 0.15) is 35.6 Å². The Kier molecular flexibility index (Phi) is 10.9. The summed E-state index contributed by atoms with van der Waals surface area (Å²) in [5.41, 5.74) is -11.6. The second-order valence-corrected chi connectivity index (χ2v) is 23.4. The van der Waals surface area contributed by atoms with Gasteiger partial charge in [0.05, 0.1) is 24.4 Å². The molecule has 8 aliphatic carbocycles. The molecule has 4 bridgehead atoms. The van der Waals surface area contributed by atoms with Crippen molar-refractivity contribution in [3.63, 3.8) is 0 Å². The zero-order chi connectivity index (χ0) is 47.4. The standard InChI is InChI=1S/C48H70O16/c1-21(49)61-30-14-26-18-46(20-28(54)35-41(5,6)32(62-22(2)50)15-31(56)43(35,9)38(30)46)40(58)48(26,60)12-11-47(59)25-13-27(53)37-44(10)34(64-24(4)52)16-33(63-23(3)51)42(7,8)36(44)29(55)19-45(37,17-25)39(47)57/h25-38,53-56,59-60H,11-20H2,1-10H3/t25-,26-,27-,28-,29-,30-,31-,32-,33-,34-,35+,36+,37-,38-,43+,44+,45-,46-,47-,48-/m0/s1. The highest BCUT2D eigenvalue weighted by molar-refractivity contribution is 5.98. The topological polar surface area (TPSA) is 261 Å². The molecule has 0 unspecified atom stereocenters. The molecule has 0 aromatic heterocycles. The van der Waals surface area contributed by atoms with Gasteiger partial charge in [0.2, 0.25) is 0 Å². The number of ketones is 2. The van der Waals surface area contributed by atoms with E-state index in [0.717, 1.165) is 0 Å². The minimum Gasteiger partial charge on any atom is -0.462 e. The number of Topliss-reactive ketones (excluding diaryl/α,β-unsaturated/α-hetero) is 2. The summed E-state index contributed by atoms with van der Waals surface area (Å²) in [6.45, 7) is 16.0. The van der Waals surface area contributed by atoms with Gasteiger partial charge in [-0.05, 0) is 63.2 Å². The minimum absolute atomic E-state index is 0.000923. The van der Waals surface area contributed by atoms with Gasteiger partial charge in [-0.15, -0.1) is 0 Å². The Bertz CT molecular complexity index is 2020. The van der Waals surface area contributed by atoms with Gasteiger partial charge in [-0.1, -0.05) is 41.5 Å². The van der Waals surface area contributed by atoms with E-state index < -0.39 is 163 Å². The van der Waals surface area contributed by atoms with Crippen molar-refractivity contribution >= 4 is 35.4 Å². The third kappa shape index (κ3) is 6.12. The molecule has 0 aromatic rings. The molecule has 16 heteroatoms. The van der Waals surface area contributed by atoms with Gasteiger partial charge < -0.3 is 49.6 Å². The van der Waals surface area contributed by atoms with Gasteiger partial charge in [-0.25, -0.2) is 0 Å². The van der Waals surface area contributed by atoms with Crippen molar-refractivity contribution in [2.24, 2.45) is 68.0 Å². The van der Waals surface area contributed by atoms with E-state index in [1.54, 1.807) is 13.8 Å². The fraction of sp³-hybridized carbons (Fsp3) is 0.875. The first kappa shape index (κ1) is 47.5. The van der Waals surface area contributed by atoms with Crippen LogP contribution in [0.4, 0.5) is 0 Å². The molecule has 0 saturated heterocycles. The number of aliphatic hydroxyl groups excluding tert-OH is 4. The lowest BCUT2D eigenvalue weighted by molar-refractivity contribution is -0.279. The normalized spacial score (nSPS) is 51.7. The number of rotatable bonds is 7. The molecule has 2 spiro atoms. The van der Waals surface area contributed by atoms with E-state index in [4.69, 9.17) is 18.9 Å². The number of hydrogen-bond donors (Lipinski definition) is 6. The second-order valence-electron chi connectivity index (χ2n) is 23.4. The zero-order valence-electron chi connectivity index (χ0n) is 38.9. The maximum absolute atomic E-state index is 15.4. The van der Waals surface area contributed by atoms with E-state index in [9.17, 15) is 49.8 Å². The number of hydrogen-bond acceptors (Lipinski definition) is 16. The Hall–Kier alpha value is -3.02. The van der Waals surface area contributed by atoms with E-state index in [2.05, 4.69) is 0 Å². The van der Waals surface area contributed by atoms with Crippen molar-refractivity contribution in [1.29, 1.82) is 0 Å². The van der Waals surface area contributed by atoms with E-state index in [1.165, 1.54) is 27.7 Å². The molecule has 6 N–H and O–H groups in total. The van der Waals surface area contributed by atoms with E-state index in [1.807, 2.05) is 27.7 Å². The van der Waals surface area contributed by atoms with E-state index in [-0.39, 0.29) is 64.2 Å². The van der Waals surface area contributed by atoms with Crippen LogP contribution in [0.3, 0.4) is 0 Å². The lowest BCUT2D eigenvalue weighted by atomic mass is 9.38. The quantitative estimate of drug-likeness (QED) is 0.158. The van der Waals surface area contributed by atoms with Gasteiger partial charge in [-0.3, -0.25) is 28.8 Å². The van der Waals surface area contributed by atoms with Gasteiger partial charge in [-0.2, -0.15) is 0 Å². The zero-order valence-corrected chi connectivity index (χ0v) is 38.9. The first-order chi connectivity index (χ1) is 29.4. The maximum atomic E-state index is 15.4. The van der Waals surface area contributed by atoms with Crippen LogP contribution in [0.15, 0.2) is 0 Å². The average Bonchev–Trinajstić information content (AvgIpc) is 3.40. The van der Waals surface area contributed by atoms with E-state index >= 15 is 9.59 Å². The average molecular weight is 903 g/mol. The molecule has 8 aliphatic rings. The summed E-state index contributed by atoms with van der Waals surface area (Å²) in [6.07, 6.45) is -9.09. The highest BCUT2D eigenvalue weighted by atomic mass is 16.6. The number of aliphatic hydroxyl groups is 6. The van der Waals surface area contributed by atoms with Crippen molar-refractivity contribution in [2.45, 2.75) is 193 Å². The summed E-state index contributed by atoms with van der Waals surface area (Å²) in [7, 11) is 0. The summed E-state index contributed by atoms with van der Waals surface area (Å²) < 4.78 is 23.4. The summed E-state index contributed by atoms with van der Waals surface area (Å²) in [5, 5.41) is 74.6. The van der Waals surface area contributed by atoms with Crippen LogP contribution in [0, 0.1) is 68.0 Å². The molecule has 8 fully saturated rings. The van der Waals surface area contributed by atoms with Gasteiger partial charge in [0.25, 0.3) is 0 Å². The lowest BCUT2D eigenvalue weighted by Gasteiger charge is -2.67. The molecule has 20 atom stereocenters. The number of carbonyl (C=O) groups excluding carboxylic acids is 6. The highest BCUT2D eigenvalue weighted by Gasteiger charge is 2.81. The Morgan fingerprint density at radius 1 is 0.500 bits per heavy atom. The van der Waals surface area contributed by atoms with Crippen LogP contribution in [-0.4, -0.2) is 126 Å². The smallest absolute Gasteiger partial charge is 0.302 e. The minimum atomic E-state index is -2.16. The molecule has 16 nitrogen and oxygen atoms in total. The monoisotopic (exact) mass is 902 g/mol. The van der Waals surface area contributed by atoms with Gasteiger partial charge >= 0.3 is 23.9 Å². The summed E-state index contributed by atoms with van der Waals surface area (Å²) in [6, 6.07) is 0. The Balaban J connectivity index is 1.14. The largest absolute Gasteiger partial charge is 0.462 e. The highest BCUT2D eigenvalue weighted by Crippen LogP contribution is 2.75. The Morgan fingerprint density at radius 2 is 0.906 bits per heavy atom. The molecule has 0 heterocycles. The first-order valence-electron chi connectivity index (χ1n) is 23.4. The number of esters is 4. The van der Waals surface area contributed by atoms with Crippen LogP contribution in [0.2, 0.25) is 0 Å². The van der Waals surface area contributed by atoms with Gasteiger partial charge in [0.15, 0.2) is 11.6 Å². The Labute approximate surface area is 374 Å². The fourth-order valence-corrected chi connectivity index (χ4v) is 18.0. The van der Waals surface area contributed by atoms with Crippen molar-refractivity contribution in [1.82, 2.24) is 0 Å². The van der Waals surface area contributed by atoms with Crippen molar-refractivity contribution in [3.05, 3.63) is 0 Å². The van der Waals surface area contributed by atoms with Crippen LogP contribution >= 0.6 is 0 Å². The molecule has 64 heavy (non-hydrogen) atoms. The number of ether oxygens (including phenoxy) is 4. The predicted molar refractivity (Wildman–Crippen MR) is 222 cm³/mol. The molecule has 0 aromatic carbocycles. The van der Waals surface area contributed by atoms with Crippen LogP contribution in [-0.2, 0) is 47.7 Å². The molecule has 8 rings (SSSR count). The summed E-state index contributed by atoms with van der Waals surface area (Å²) >= 11 is 0. The summed E-state index contributed by atoms with van der Waals surface area (Å²) in [5.74, 6) is -8.44. The maximum Gasteiger partial charge on any atom is 0.302 e. The molecule has 8 saturated carbocycles. The molecular formula is C48H70O16. The number of carbonyl (C=O) groups is 6. The van der Waals surface area contributed by atoms with Crippen molar-refractivity contribution in [2.75, 3.05) is 0 Å². The van der Waals surface area contributed by atoms with Crippen LogP contribution in [0.25, 0.3) is 0 Å². The van der Waals surface area contributed by atoms with Crippen molar-refractivity contribution in [3.8, 4) is 0 Å². The fourth-order valence-electron chi connectivity index (χ4n) is 18.0. The SMILES string of the molecule is CC(=O)O[C@H]1C[C@H]2C[C@@]3(C[C@H](O)[C@@H]4C(C)(C)[C@@H](OC(C)=O)C[C@H](O)[C@@]4(C)[C@H]13)C(=O)[C@]2(O)CC[C@@]1(O)C(=O)[C@]23C[C@@H]1C[C@H](O)[C@H]2[C@]1(C)[C@@H](OC(C)=O)C[C@H](OC(C)=O)C(C)(C)[C@H]1[C@@H](O)C3. The molecule has 358 valence electrons. The second kappa shape index (κ2) is 14.7. The Morgan fingerprint density at radius 3 is 1.38 bits per heavy atom.